The monoisotopic (exact) mass is 721 g/mol. The molecule has 0 radical (unpaired) electrons. The summed E-state index contributed by atoms with van der Waals surface area (Å²) in [6, 6.07) is 9.64. The van der Waals surface area contributed by atoms with E-state index in [1.54, 1.807) is 44.6 Å². The molecule has 3 aliphatic rings. The molecule has 9 rings (SSSR count). The number of carbonyl (C=O) groups is 1. The number of amides is 1. The van der Waals surface area contributed by atoms with Crippen molar-refractivity contribution in [1.82, 2.24) is 39.2 Å². The molecule has 7 heterocycles. The number of fused-ring (bicyclic) bond motifs is 6. The second kappa shape index (κ2) is 12.6. The molecule has 2 fully saturated rings. The highest BCUT2D eigenvalue weighted by atomic mass is 19.1. The zero-order valence-corrected chi connectivity index (χ0v) is 30.1. The minimum absolute atomic E-state index is 0.0346. The van der Waals surface area contributed by atoms with Crippen LogP contribution in [0.2, 0.25) is 0 Å². The first-order chi connectivity index (χ1) is 25.7. The fraction of sp³-hybridized carbons (Fsp3) is 0.410. The highest BCUT2D eigenvalue weighted by Crippen LogP contribution is 2.43. The van der Waals surface area contributed by atoms with E-state index in [0.717, 1.165) is 44.5 Å². The van der Waals surface area contributed by atoms with Crippen LogP contribution >= 0.6 is 0 Å². The van der Waals surface area contributed by atoms with Gasteiger partial charge in [-0.05, 0) is 98.3 Å². The Bertz CT molecular complexity index is 2430. The van der Waals surface area contributed by atoms with Crippen LogP contribution in [0.25, 0.3) is 38.4 Å². The van der Waals surface area contributed by atoms with Gasteiger partial charge in [-0.3, -0.25) is 14.4 Å². The first kappa shape index (κ1) is 33.5. The number of nitrogens with zero attached hydrogens (tertiary/aromatic N) is 9. The predicted octanol–water partition coefficient (Wildman–Crippen LogP) is 5.96. The molecule has 274 valence electrons. The molecule has 6 aromatic rings. The molecule has 1 N–H and O–H groups in total. The summed E-state index contributed by atoms with van der Waals surface area (Å²) >= 11 is 0. The van der Waals surface area contributed by atoms with Gasteiger partial charge in [0.15, 0.2) is 11.5 Å². The van der Waals surface area contributed by atoms with E-state index in [9.17, 15) is 9.90 Å². The summed E-state index contributed by atoms with van der Waals surface area (Å²) in [6.45, 7) is 5.82. The van der Waals surface area contributed by atoms with Crippen molar-refractivity contribution in [3.8, 4) is 23.0 Å². The van der Waals surface area contributed by atoms with Gasteiger partial charge >= 0.3 is 6.01 Å². The Morgan fingerprint density at radius 3 is 2.58 bits per heavy atom. The summed E-state index contributed by atoms with van der Waals surface area (Å²) in [4.78, 5) is 28.7. The Labute approximate surface area is 304 Å². The zero-order valence-electron chi connectivity index (χ0n) is 30.1. The number of ether oxygens (including phenoxy) is 1. The van der Waals surface area contributed by atoms with Crippen LogP contribution in [-0.2, 0) is 19.5 Å². The second-order valence-electron chi connectivity index (χ2n) is 14.7. The van der Waals surface area contributed by atoms with Crippen molar-refractivity contribution in [2.75, 3.05) is 45.2 Å². The molecule has 3 aliphatic heterocycles. The molecule has 2 aromatic carbocycles. The number of anilines is 1. The number of phenolic OH excluding ortho intramolecular Hbond substituents is 1. The molecule has 1 amide bonds. The van der Waals surface area contributed by atoms with Crippen LogP contribution in [0.5, 0.6) is 11.8 Å². The molecule has 0 aliphatic carbocycles. The Hall–Kier alpha value is -5.37. The highest BCUT2D eigenvalue weighted by Gasteiger charge is 2.45. The molecular weight excluding hydrogens is 680 g/mol. The third kappa shape index (κ3) is 5.36. The van der Waals surface area contributed by atoms with Gasteiger partial charge in [0.1, 0.15) is 35.2 Å². The number of aromatic hydroxyl groups is 1. The first-order valence-electron chi connectivity index (χ1n) is 18.4. The first-order valence-corrected chi connectivity index (χ1v) is 18.4. The topological polar surface area (TPSA) is 117 Å². The quantitative estimate of drug-likeness (QED) is 0.213. The molecule has 0 saturated carbocycles. The lowest BCUT2D eigenvalue weighted by Crippen LogP contribution is -2.43. The van der Waals surface area contributed by atoms with E-state index < -0.39 is 11.6 Å². The minimum Gasteiger partial charge on any atom is -0.508 e. The van der Waals surface area contributed by atoms with Gasteiger partial charge in [0.2, 0.25) is 0 Å². The minimum atomic E-state index is -0.692. The van der Waals surface area contributed by atoms with Gasteiger partial charge in [-0.15, -0.1) is 0 Å². The van der Waals surface area contributed by atoms with E-state index in [1.165, 1.54) is 21.5 Å². The standard InChI is InChI=1S/C39H41F2N9O3/c1-4-26-28(40)9-8-23-18-25(51)20-27(31(23)26)35-33(41)34-32(30-10-13-42-50(30)35)36(44-38(43-34)53-22-39-11-5-15-48(39)16-6-12-39)47-14-7-17-49-24(21-47)19-29(45-49)37(52)46(2)3/h8-10,13,18-20,51H,4-7,11-12,14-17,21-22H2,1-3H3. The van der Waals surface area contributed by atoms with Crippen LogP contribution in [0.4, 0.5) is 14.6 Å². The van der Waals surface area contributed by atoms with Gasteiger partial charge in [-0.25, -0.2) is 13.3 Å². The van der Waals surface area contributed by atoms with Crippen molar-refractivity contribution in [3.05, 3.63) is 71.2 Å². The van der Waals surface area contributed by atoms with Crippen molar-refractivity contribution >= 4 is 38.9 Å². The molecule has 2 saturated heterocycles. The SMILES string of the molecule is CCc1c(F)ccc2cc(O)cc(-c3c(F)c4nc(OCC56CCCN5CCC6)nc(N5CCCn6nc(C(=O)N(C)C)cc6C5)c4c4ccnn34)c12. The lowest BCUT2D eigenvalue weighted by molar-refractivity contribution is 0.0821. The average Bonchev–Trinajstić information content (AvgIpc) is 3.93. The summed E-state index contributed by atoms with van der Waals surface area (Å²) in [5.74, 6) is -0.895. The lowest BCUT2D eigenvalue weighted by Gasteiger charge is -2.31. The highest BCUT2D eigenvalue weighted by molar-refractivity contribution is 6.07. The van der Waals surface area contributed by atoms with Gasteiger partial charge in [-0.1, -0.05) is 13.0 Å². The fourth-order valence-electron chi connectivity index (χ4n) is 8.89. The van der Waals surface area contributed by atoms with E-state index in [-0.39, 0.29) is 34.4 Å². The molecule has 4 aromatic heterocycles. The van der Waals surface area contributed by atoms with Crippen LogP contribution in [0.3, 0.4) is 0 Å². The predicted molar refractivity (Wildman–Crippen MR) is 196 cm³/mol. The number of hydrogen-bond donors (Lipinski definition) is 1. The third-order valence-electron chi connectivity index (χ3n) is 11.4. The number of rotatable bonds is 7. The number of pyridine rings is 1. The van der Waals surface area contributed by atoms with Crippen LogP contribution in [0, 0.1) is 11.6 Å². The maximum Gasteiger partial charge on any atom is 0.319 e. The summed E-state index contributed by atoms with van der Waals surface area (Å²) < 4.78 is 42.8. The van der Waals surface area contributed by atoms with Gasteiger partial charge in [0, 0.05) is 32.7 Å². The number of carbonyl (C=O) groups excluding carboxylic acids is 1. The van der Waals surface area contributed by atoms with Gasteiger partial charge in [0.25, 0.3) is 5.91 Å². The maximum atomic E-state index is 17.7. The maximum absolute atomic E-state index is 17.7. The number of halogens is 2. The summed E-state index contributed by atoms with van der Waals surface area (Å²) in [7, 11) is 3.39. The molecular formula is C39H41F2N9O3. The molecule has 12 nitrogen and oxygen atoms in total. The molecule has 0 unspecified atom stereocenters. The van der Waals surface area contributed by atoms with Gasteiger partial charge in [0.05, 0.1) is 34.9 Å². The molecule has 53 heavy (non-hydrogen) atoms. The van der Waals surface area contributed by atoms with E-state index in [1.807, 2.05) is 11.6 Å². The number of aryl methyl sites for hydroxylation is 2. The largest absolute Gasteiger partial charge is 0.508 e. The van der Waals surface area contributed by atoms with Gasteiger partial charge < -0.3 is 19.6 Å². The Balaban J connectivity index is 1.26. The fourth-order valence-corrected chi connectivity index (χ4v) is 8.89. The van der Waals surface area contributed by atoms with Crippen molar-refractivity contribution < 1.29 is 23.4 Å². The number of aromatic nitrogens is 6. The molecule has 0 bridgehead atoms. The smallest absolute Gasteiger partial charge is 0.319 e. The van der Waals surface area contributed by atoms with E-state index >= 15 is 8.78 Å². The van der Waals surface area contributed by atoms with E-state index in [2.05, 4.69) is 20.0 Å². The third-order valence-corrected chi connectivity index (χ3v) is 11.4. The summed E-state index contributed by atoms with van der Waals surface area (Å²) in [6.07, 6.45) is 6.88. The Morgan fingerprint density at radius 2 is 1.81 bits per heavy atom. The lowest BCUT2D eigenvalue weighted by atomic mass is 9.94. The normalized spacial score (nSPS) is 17.1. The van der Waals surface area contributed by atoms with Gasteiger partial charge in [-0.2, -0.15) is 20.2 Å². The molecule has 0 atom stereocenters. The van der Waals surface area contributed by atoms with Crippen LogP contribution in [0.15, 0.2) is 42.6 Å². The number of benzene rings is 2. The molecule has 0 spiro atoms. The number of hydrogen-bond acceptors (Lipinski definition) is 9. The Morgan fingerprint density at radius 1 is 1.00 bits per heavy atom. The second-order valence-corrected chi connectivity index (χ2v) is 14.7. The van der Waals surface area contributed by atoms with Crippen molar-refractivity contribution in [2.45, 2.75) is 64.1 Å². The van der Waals surface area contributed by atoms with Crippen molar-refractivity contribution in [3.63, 3.8) is 0 Å². The number of phenols is 1. The average molecular weight is 722 g/mol. The van der Waals surface area contributed by atoms with E-state index in [4.69, 9.17) is 14.7 Å². The van der Waals surface area contributed by atoms with Crippen molar-refractivity contribution in [1.29, 1.82) is 0 Å². The summed E-state index contributed by atoms with van der Waals surface area (Å²) in [5, 5.41) is 21.6. The Kier molecular flexibility index (Phi) is 7.98. The van der Waals surface area contributed by atoms with Crippen molar-refractivity contribution in [2.24, 2.45) is 0 Å². The molecule has 14 heteroatoms. The summed E-state index contributed by atoms with van der Waals surface area (Å²) in [5.41, 5.74) is 2.43. The van der Waals surface area contributed by atoms with E-state index in [0.29, 0.717) is 83.4 Å². The van der Waals surface area contributed by atoms with Crippen LogP contribution < -0.4 is 9.64 Å². The van der Waals surface area contributed by atoms with Crippen LogP contribution in [-0.4, -0.2) is 96.1 Å². The van der Waals surface area contributed by atoms with Crippen LogP contribution in [0.1, 0.15) is 60.8 Å². The zero-order chi connectivity index (χ0) is 36.6.